The highest BCUT2D eigenvalue weighted by molar-refractivity contribution is 5.09. The van der Waals surface area contributed by atoms with Gasteiger partial charge < -0.3 is 0 Å². The Bertz CT molecular complexity index is 467. The van der Waals surface area contributed by atoms with Crippen LogP contribution in [0.25, 0.3) is 0 Å². The van der Waals surface area contributed by atoms with Crippen molar-refractivity contribution in [2.75, 3.05) is 0 Å². The van der Waals surface area contributed by atoms with Crippen molar-refractivity contribution in [1.82, 2.24) is 4.98 Å². The summed E-state index contributed by atoms with van der Waals surface area (Å²) >= 11 is 0. The van der Waals surface area contributed by atoms with Crippen molar-refractivity contribution in [3.8, 4) is 0 Å². The van der Waals surface area contributed by atoms with Gasteiger partial charge in [-0.25, -0.2) is 4.98 Å². The third kappa shape index (κ3) is 5.04. The molecule has 0 amide bonds. The lowest BCUT2D eigenvalue weighted by Gasteiger charge is -2.38. The minimum absolute atomic E-state index is 0.368. The molecule has 0 N–H and O–H groups in total. The number of aromatic nitrogens is 1. The van der Waals surface area contributed by atoms with Gasteiger partial charge >= 0.3 is 0 Å². The average Bonchev–Trinajstić information content (AvgIpc) is 2.63. The largest absolute Gasteiger partial charge is 0.228 e. The zero-order valence-electron chi connectivity index (χ0n) is 15.4. The molecule has 0 unspecified atom stereocenters. The molecule has 1 nitrogen and oxygen atoms in total. The third-order valence-electron chi connectivity index (χ3n) is 6.78. The van der Waals surface area contributed by atoms with Gasteiger partial charge in [0.2, 0.25) is 5.95 Å². The molecule has 1 aromatic rings. The van der Waals surface area contributed by atoms with E-state index in [4.69, 9.17) is 0 Å². The lowest BCUT2D eigenvalue weighted by atomic mass is 9.68. The van der Waals surface area contributed by atoms with Crippen LogP contribution in [-0.2, 0) is 6.42 Å². The molecule has 0 aliphatic heterocycles. The van der Waals surface area contributed by atoms with E-state index in [0.29, 0.717) is 0 Å². The van der Waals surface area contributed by atoms with Crippen molar-refractivity contribution < 1.29 is 4.39 Å². The van der Waals surface area contributed by atoms with Crippen LogP contribution in [0, 0.1) is 29.6 Å². The molecule has 2 fully saturated rings. The summed E-state index contributed by atoms with van der Waals surface area (Å²) in [5.74, 6) is 3.58. The summed E-state index contributed by atoms with van der Waals surface area (Å²) < 4.78 is 12.9. The molecular formula is C22H34FN. The minimum Gasteiger partial charge on any atom is -0.228 e. The topological polar surface area (TPSA) is 12.9 Å². The fourth-order valence-corrected chi connectivity index (χ4v) is 5.23. The van der Waals surface area contributed by atoms with Gasteiger partial charge in [0.25, 0.3) is 0 Å². The molecule has 0 aromatic carbocycles. The third-order valence-corrected chi connectivity index (χ3v) is 6.78. The Hall–Kier alpha value is -0.920. The van der Waals surface area contributed by atoms with Crippen LogP contribution in [0.4, 0.5) is 4.39 Å². The molecule has 1 aromatic heterocycles. The molecule has 0 bridgehead atoms. The summed E-state index contributed by atoms with van der Waals surface area (Å²) in [5, 5.41) is 0. The summed E-state index contributed by atoms with van der Waals surface area (Å²) in [6, 6.07) is 3.38. The van der Waals surface area contributed by atoms with Crippen molar-refractivity contribution in [2.45, 2.75) is 84.0 Å². The van der Waals surface area contributed by atoms with E-state index in [-0.39, 0.29) is 5.95 Å². The maximum atomic E-state index is 12.9. The number of nitrogens with zero attached hydrogens (tertiary/aromatic N) is 1. The second kappa shape index (κ2) is 8.97. The van der Waals surface area contributed by atoms with Gasteiger partial charge in [0.05, 0.1) is 0 Å². The fourth-order valence-electron chi connectivity index (χ4n) is 5.23. The van der Waals surface area contributed by atoms with E-state index in [1.54, 1.807) is 6.20 Å². The SMILES string of the molecule is CCC[C@H]1CC[C@H](C2CCC(CCc3ccc(F)nc3)CC2)CC1. The van der Waals surface area contributed by atoms with Crippen molar-refractivity contribution in [3.05, 3.63) is 29.8 Å². The summed E-state index contributed by atoms with van der Waals surface area (Å²) in [7, 11) is 0. The van der Waals surface area contributed by atoms with Crippen LogP contribution in [0.1, 0.15) is 83.1 Å². The molecule has 134 valence electrons. The highest BCUT2D eigenvalue weighted by Crippen LogP contribution is 2.42. The summed E-state index contributed by atoms with van der Waals surface area (Å²) in [5.41, 5.74) is 1.19. The van der Waals surface area contributed by atoms with Crippen LogP contribution >= 0.6 is 0 Å². The van der Waals surface area contributed by atoms with E-state index < -0.39 is 0 Å². The van der Waals surface area contributed by atoms with Crippen LogP contribution in [0.2, 0.25) is 0 Å². The van der Waals surface area contributed by atoms with Crippen molar-refractivity contribution >= 4 is 0 Å². The van der Waals surface area contributed by atoms with E-state index in [1.807, 2.05) is 6.07 Å². The molecule has 1 heterocycles. The summed E-state index contributed by atoms with van der Waals surface area (Å²) in [4.78, 5) is 3.77. The zero-order valence-corrected chi connectivity index (χ0v) is 15.4. The molecule has 2 aliphatic carbocycles. The first-order valence-corrected chi connectivity index (χ1v) is 10.3. The predicted molar refractivity (Wildman–Crippen MR) is 98.3 cm³/mol. The van der Waals surface area contributed by atoms with Crippen molar-refractivity contribution in [2.24, 2.45) is 23.7 Å². The van der Waals surface area contributed by atoms with Gasteiger partial charge in [-0.3, -0.25) is 0 Å². The minimum atomic E-state index is -0.368. The van der Waals surface area contributed by atoms with E-state index in [1.165, 1.54) is 82.3 Å². The second-order valence-electron chi connectivity index (χ2n) is 8.38. The van der Waals surface area contributed by atoms with Gasteiger partial charge in [-0.05, 0) is 73.8 Å². The van der Waals surface area contributed by atoms with Gasteiger partial charge in [0.1, 0.15) is 0 Å². The van der Waals surface area contributed by atoms with Gasteiger partial charge in [-0.15, -0.1) is 0 Å². The lowest BCUT2D eigenvalue weighted by molar-refractivity contribution is 0.141. The number of hydrogen-bond donors (Lipinski definition) is 0. The number of rotatable bonds is 6. The molecule has 0 radical (unpaired) electrons. The highest BCUT2D eigenvalue weighted by atomic mass is 19.1. The molecule has 24 heavy (non-hydrogen) atoms. The van der Waals surface area contributed by atoms with Crippen LogP contribution in [-0.4, -0.2) is 4.98 Å². The molecule has 2 aliphatic rings. The smallest absolute Gasteiger partial charge is 0.212 e. The first-order valence-electron chi connectivity index (χ1n) is 10.3. The first-order chi connectivity index (χ1) is 11.7. The maximum absolute atomic E-state index is 12.9. The fraction of sp³-hybridized carbons (Fsp3) is 0.773. The molecule has 0 saturated heterocycles. The van der Waals surface area contributed by atoms with E-state index >= 15 is 0 Å². The van der Waals surface area contributed by atoms with Crippen LogP contribution in [0.5, 0.6) is 0 Å². The number of halogens is 1. The molecule has 2 heteroatoms. The van der Waals surface area contributed by atoms with Gasteiger partial charge in [-0.2, -0.15) is 4.39 Å². The second-order valence-corrected chi connectivity index (χ2v) is 8.38. The zero-order chi connectivity index (χ0) is 16.8. The highest BCUT2D eigenvalue weighted by Gasteiger charge is 2.30. The van der Waals surface area contributed by atoms with Gasteiger partial charge in [-0.1, -0.05) is 51.5 Å². The molecule has 2 saturated carbocycles. The Morgan fingerprint density at radius 1 is 0.875 bits per heavy atom. The van der Waals surface area contributed by atoms with E-state index in [2.05, 4.69) is 11.9 Å². The van der Waals surface area contributed by atoms with Crippen molar-refractivity contribution in [1.29, 1.82) is 0 Å². The molecule has 0 atom stereocenters. The molecular weight excluding hydrogens is 297 g/mol. The average molecular weight is 332 g/mol. The van der Waals surface area contributed by atoms with Crippen LogP contribution in [0.3, 0.4) is 0 Å². The predicted octanol–water partition coefficient (Wildman–Crippen LogP) is 6.57. The first kappa shape index (κ1) is 17.9. The van der Waals surface area contributed by atoms with Crippen LogP contribution in [0.15, 0.2) is 18.3 Å². The van der Waals surface area contributed by atoms with Gasteiger partial charge in [0.15, 0.2) is 0 Å². The Kier molecular flexibility index (Phi) is 6.68. The Morgan fingerprint density at radius 2 is 1.46 bits per heavy atom. The Balaban J connectivity index is 1.36. The number of hydrogen-bond acceptors (Lipinski definition) is 1. The van der Waals surface area contributed by atoms with Gasteiger partial charge in [0, 0.05) is 6.20 Å². The maximum Gasteiger partial charge on any atom is 0.212 e. The number of aryl methyl sites for hydroxylation is 1. The van der Waals surface area contributed by atoms with Crippen molar-refractivity contribution in [3.63, 3.8) is 0 Å². The normalized spacial score (nSPS) is 31.1. The molecule has 3 rings (SSSR count). The quantitative estimate of drug-likeness (QED) is 0.537. The summed E-state index contributed by atoms with van der Waals surface area (Å²) in [6.07, 6.45) is 18.6. The Morgan fingerprint density at radius 3 is 1.96 bits per heavy atom. The Labute approximate surface area is 147 Å². The van der Waals surface area contributed by atoms with E-state index in [0.717, 1.165) is 30.1 Å². The van der Waals surface area contributed by atoms with E-state index in [9.17, 15) is 4.39 Å². The lowest BCUT2D eigenvalue weighted by Crippen LogP contribution is -2.26. The summed E-state index contributed by atoms with van der Waals surface area (Å²) in [6.45, 7) is 2.33. The number of pyridine rings is 1. The van der Waals surface area contributed by atoms with Crippen LogP contribution < -0.4 is 0 Å². The monoisotopic (exact) mass is 331 g/mol. The standard InChI is InChI=1S/C22H34FN/c1-2-3-17-6-11-20(12-7-17)21-13-8-18(9-14-21)4-5-19-10-15-22(23)24-16-19/h10,15-18,20-21H,2-9,11-14H2,1H3/t17-,18?,20-,21?. The molecule has 0 spiro atoms.